The molecule has 0 radical (unpaired) electrons. The van der Waals surface area contributed by atoms with Crippen LogP contribution >= 0.6 is 11.8 Å². The van der Waals surface area contributed by atoms with E-state index in [0.717, 1.165) is 27.7 Å². The van der Waals surface area contributed by atoms with Gasteiger partial charge in [0.1, 0.15) is 5.04 Å². The number of anilines is 1. The maximum atomic E-state index is 4.97. The Kier molecular flexibility index (Phi) is 7.56. The molecule has 36 heavy (non-hydrogen) atoms. The lowest BCUT2D eigenvalue weighted by Gasteiger charge is -2.17. The van der Waals surface area contributed by atoms with Crippen molar-refractivity contribution in [2.75, 3.05) is 4.90 Å². The summed E-state index contributed by atoms with van der Waals surface area (Å²) in [5, 5.41) is 10.3. The van der Waals surface area contributed by atoms with Crippen LogP contribution in [0.25, 0.3) is 6.08 Å². The van der Waals surface area contributed by atoms with Gasteiger partial charge in [0.2, 0.25) is 5.17 Å². The molecule has 4 aromatic rings. The number of hydrogen-bond acceptors (Lipinski definition) is 5. The van der Waals surface area contributed by atoms with E-state index >= 15 is 0 Å². The summed E-state index contributed by atoms with van der Waals surface area (Å²) in [7, 11) is 0. The molecule has 1 aliphatic rings. The van der Waals surface area contributed by atoms with E-state index in [9.17, 15) is 0 Å². The van der Waals surface area contributed by atoms with E-state index in [2.05, 4.69) is 10.2 Å². The van der Waals surface area contributed by atoms with Crippen LogP contribution in [0.5, 0.6) is 0 Å². The highest BCUT2D eigenvalue weighted by atomic mass is 32.2. The van der Waals surface area contributed by atoms with Gasteiger partial charge in [0.25, 0.3) is 0 Å². The molecule has 1 saturated heterocycles. The predicted octanol–water partition coefficient (Wildman–Crippen LogP) is 7.76. The molecule has 0 spiro atoms. The van der Waals surface area contributed by atoms with E-state index in [4.69, 9.17) is 9.98 Å². The smallest absolute Gasteiger partial charge is 0.202 e. The molecule has 6 heteroatoms. The monoisotopic (exact) mass is 485 g/mol. The second kappa shape index (κ2) is 11.7. The number of benzene rings is 4. The lowest BCUT2D eigenvalue weighted by Crippen LogP contribution is -2.30. The van der Waals surface area contributed by atoms with Crippen LogP contribution in [0.1, 0.15) is 5.56 Å². The standard InChI is InChI=1S/C30H23N5S/c1-5-14-24(15-6-1)16-13-23-31-34-30-35(27-21-11-4-12-22-27)28(32-25-17-7-2-8-18-25)29(36-30)33-26-19-9-3-10-20-26/h1-23H/b16-13-,31-23?,32-28?,33-29?,34-30?. The molecule has 1 aliphatic heterocycles. The Labute approximate surface area is 215 Å². The fraction of sp³-hybridized carbons (Fsp3) is 0. The lowest BCUT2D eigenvalue weighted by atomic mass is 10.2. The quantitative estimate of drug-likeness (QED) is 0.207. The van der Waals surface area contributed by atoms with Crippen molar-refractivity contribution in [1.29, 1.82) is 0 Å². The van der Waals surface area contributed by atoms with E-state index in [1.165, 1.54) is 11.8 Å². The molecular formula is C30H23N5S. The highest BCUT2D eigenvalue weighted by molar-refractivity contribution is 8.29. The van der Waals surface area contributed by atoms with Crippen LogP contribution in [0.4, 0.5) is 17.1 Å². The first-order chi connectivity index (χ1) is 17.9. The summed E-state index contributed by atoms with van der Waals surface area (Å²) in [6, 6.07) is 39.9. The number of aliphatic imine (C=N–C) groups is 2. The molecule has 0 atom stereocenters. The average molecular weight is 486 g/mol. The summed E-state index contributed by atoms with van der Waals surface area (Å²) in [6.45, 7) is 0. The van der Waals surface area contributed by atoms with E-state index in [1.807, 2.05) is 138 Å². The summed E-state index contributed by atoms with van der Waals surface area (Å²) in [4.78, 5) is 11.9. The van der Waals surface area contributed by atoms with Gasteiger partial charge in [-0.15, -0.1) is 5.10 Å². The molecule has 0 amide bonds. The fourth-order valence-electron chi connectivity index (χ4n) is 3.49. The van der Waals surface area contributed by atoms with Crippen LogP contribution in [0.15, 0.2) is 148 Å². The van der Waals surface area contributed by atoms with E-state index in [-0.39, 0.29) is 0 Å². The zero-order valence-corrected chi connectivity index (χ0v) is 20.2. The highest BCUT2D eigenvalue weighted by Gasteiger charge is 2.34. The zero-order valence-electron chi connectivity index (χ0n) is 19.4. The van der Waals surface area contributed by atoms with E-state index in [1.54, 1.807) is 6.21 Å². The van der Waals surface area contributed by atoms with Crippen LogP contribution in [0, 0.1) is 0 Å². The summed E-state index contributed by atoms with van der Waals surface area (Å²) < 4.78 is 0. The first kappa shape index (κ1) is 23.2. The highest BCUT2D eigenvalue weighted by Crippen LogP contribution is 2.32. The van der Waals surface area contributed by atoms with Crippen LogP contribution in [0.3, 0.4) is 0 Å². The van der Waals surface area contributed by atoms with Crippen molar-refractivity contribution in [3.63, 3.8) is 0 Å². The first-order valence-electron chi connectivity index (χ1n) is 11.5. The van der Waals surface area contributed by atoms with E-state index < -0.39 is 0 Å². The van der Waals surface area contributed by atoms with Crippen molar-refractivity contribution in [3.8, 4) is 0 Å². The normalized spacial score (nSPS) is 17.2. The number of hydrogen-bond donors (Lipinski definition) is 0. The Hall–Kier alpha value is -4.55. The third-order valence-electron chi connectivity index (χ3n) is 5.16. The van der Waals surface area contributed by atoms with E-state index in [0.29, 0.717) is 11.0 Å². The molecule has 0 aliphatic carbocycles. The van der Waals surface area contributed by atoms with Crippen molar-refractivity contribution in [2.45, 2.75) is 0 Å². The number of nitrogens with zero attached hydrogens (tertiary/aromatic N) is 5. The Morgan fingerprint density at radius 2 is 1.17 bits per heavy atom. The zero-order chi connectivity index (χ0) is 24.4. The first-order valence-corrected chi connectivity index (χ1v) is 12.3. The fourth-order valence-corrected chi connectivity index (χ4v) is 4.42. The van der Waals surface area contributed by atoms with Crippen molar-refractivity contribution < 1.29 is 0 Å². The second-order valence-electron chi connectivity index (χ2n) is 7.71. The minimum atomic E-state index is 0.676. The van der Waals surface area contributed by atoms with Crippen LogP contribution < -0.4 is 4.90 Å². The Balaban J connectivity index is 1.55. The number of rotatable bonds is 6. The number of amidine groups is 2. The van der Waals surface area contributed by atoms with Gasteiger partial charge in [0, 0.05) is 11.9 Å². The van der Waals surface area contributed by atoms with Crippen LogP contribution in [-0.2, 0) is 0 Å². The average Bonchev–Trinajstić information content (AvgIpc) is 3.27. The number of allylic oxidation sites excluding steroid dienone is 1. The Morgan fingerprint density at radius 3 is 1.81 bits per heavy atom. The molecule has 4 aromatic carbocycles. The summed E-state index contributed by atoms with van der Waals surface area (Å²) in [5.41, 5.74) is 3.73. The maximum absolute atomic E-state index is 4.97. The van der Waals surface area contributed by atoms with Gasteiger partial charge in [-0.2, -0.15) is 5.10 Å². The van der Waals surface area contributed by atoms with Gasteiger partial charge in [-0.3, -0.25) is 4.90 Å². The number of thioether (sulfide) groups is 1. The van der Waals surface area contributed by atoms with Crippen LogP contribution in [-0.4, -0.2) is 22.3 Å². The number of para-hydroxylation sites is 3. The van der Waals surface area contributed by atoms with Gasteiger partial charge in [-0.1, -0.05) is 91.0 Å². The maximum Gasteiger partial charge on any atom is 0.202 e. The van der Waals surface area contributed by atoms with Gasteiger partial charge < -0.3 is 0 Å². The minimum Gasteiger partial charge on any atom is -0.269 e. The van der Waals surface area contributed by atoms with Crippen molar-refractivity contribution in [1.82, 2.24) is 0 Å². The van der Waals surface area contributed by atoms with Crippen LogP contribution in [0.2, 0.25) is 0 Å². The lowest BCUT2D eigenvalue weighted by molar-refractivity contribution is 1.24. The SMILES string of the molecule is C(/C=C\c1ccccc1)=NN=C1SC(=Nc2ccccc2)C(=Nc2ccccc2)N1c1ccccc1. The molecular weight excluding hydrogens is 462 g/mol. The third kappa shape index (κ3) is 5.92. The molecule has 0 bridgehead atoms. The van der Waals surface area contributed by atoms with Gasteiger partial charge >= 0.3 is 0 Å². The van der Waals surface area contributed by atoms with Gasteiger partial charge in [-0.25, -0.2) is 9.98 Å². The Morgan fingerprint density at radius 1 is 0.611 bits per heavy atom. The van der Waals surface area contributed by atoms with Gasteiger partial charge in [-0.05, 0) is 59.8 Å². The molecule has 1 fully saturated rings. The van der Waals surface area contributed by atoms with Crippen molar-refractivity contribution in [3.05, 3.63) is 133 Å². The molecule has 0 unspecified atom stereocenters. The molecule has 0 saturated carbocycles. The molecule has 0 N–H and O–H groups in total. The topological polar surface area (TPSA) is 52.7 Å². The third-order valence-corrected chi connectivity index (χ3v) is 6.07. The van der Waals surface area contributed by atoms with Gasteiger partial charge in [0.15, 0.2) is 5.84 Å². The molecule has 1 heterocycles. The van der Waals surface area contributed by atoms with Crippen molar-refractivity contribution >= 4 is 57.2 Å². The largest absolute Gasteiger partial charge is 0.269 e. The second-order valence-corrected chi connectivity index (χ2v) is 8.67. The summed E-state index contributed by atoms with van der Waals surface area (Å²) in [6.07, 6.45) is 5.55. The van der Waals surface area contributed by atoms with Gasteiger partial charge in [0.05, 0.1) is 11.4 Å². The summed E-state index contributed by atoms with van der Waals surface area (Å²) >= 11 is 1.45. The van der Waals surface area contributed by atoms with Crippen molar-refractivity contribution in [2.24, 2.45) is 20.2 Å². The molecule has 5 nitrogen and oxygen atoms in total. The molecule has 0 aromatic heterocycles. The Bertz CT molecular complexity index is 1430. The predicted molar refractivity (Wildman–Crippen MR) is 155 cm³/mol. The molecule has 174 valence electrons. The molecule has 5 rings (SSSR count). The minimum absolute atomic E-state index is 0.676. The summed E-state index contributed by atoms with van der Waals surface area (Å²) in [5.74, 6) is 0.704.